The van der Waals surface area contributed by atoms with Gasteiger partial charge < -0.3 is 4.90 Å². The van der Waals surface area contributed by atoms with Gasteiger partial charge in [0.15, 0.2) is 0 Å². The normalized spacial score (nSPS) is 23.4. The first kappa shape index (κ1) is 11.1. The van der Waals surface area contributed by atoms with Crippen LogP contribution < -0.4 is 0 Å². The minimum absolute atomic E-state index is 0.304. The molecule has 1 fully saturated rings. The minimum Gasteiger partial charge on any atom is -0.335 e. The van der Waals surface area contributed by atoms with Crippen molar-refractivity contribution in [1.82, 2.24) is 4.90 Å². The Hall–Kier alpha value is -1.02. The molecule has 1 aromatic carbocycles. The van der Waals surface area contributed by atoms with Gasteiger partial charge in [0, 0.05) is 23.5 Å². The summed E-state index contributed by atoms with van der Waals surface area (Å²) in [7, 11) is 0. The molecule has 1 aliphatic heterocycles. The quantitative estimate of drug-likeness (QED) is 0.749. The van der Waals surface area contributed by atoms with Gasteiger partial charge in [-0.25, -0.2) is 0 Å². The molecule has 0 bridgehead atoms. The number of hydrogen-bond acceptors (Lipinski definition) is 1. The first-order chi connectivity index (χ1) is 8.15. The third-order valence-corrected chi connectivity index (χ3v) is 4.00. The van der Waals surface area contributed by atoms with Crippen molar-refractivity contribution in [2.24, 2.45) is 5.92 Å². The van der Waals surface area contributed by atoms with E-state index < -0.39 is 0 Å². The Morgan fingerprint density at radius 3 is 2.82 bits per heavy atom. The Kier molecular flexibility index (Phi) is 2.62. The van der Waals surface area contributed by atoms with E-state index in [4.69, 9.17) is 11.6 Å². The Morgan fingerprint density at radius 2 is 2.12 bits per heavy atom. The third kappa shape index (κ3) is 2.06. The molecule has 90 valence electrons. The molecular weight excluding hydrogens is 234 g/mol. The summed E-state index contributed by atoms with van der Waals surface area (Å²) in [6.45, 7) is 2.87. The van der Waals surface area contributed by atoms with Crippen molar-refractivity contribution in [2.45, 2.75) is 38.8 Å². The molecule has 0 unspecified atom stereocenters. The van der Waals surface area contributed by atoms with Gasteiger partial charge >= 0.3 is 0 Å². The maximum atomic E-state index is 12.2. The number of nitrogens with zero attached hydrogens (tertiary/aromatic N) is 1. The Morgan fingerprint density at radius 1 is 1.35 bits per heavy atom. The zero-order valence-corrected chi connectivity index (χ0v) is 10.7. The fraction of sp³-hybridized carbons (Fsp3) is 0.500. The molecule has 1 saturated carbocycles. The van der Waals surface area contributed by atoms with Crippen LogP contribution in [0.3, 0.4) is 0 Å². The number of benzene rings is 1. The van der Waals surface area contributed by atoms with Crippen molar-refractivity contribution >= 4 is 17.5 Å². The molecule has 1 amide bonds. The first-order valence-corrected chi connectivity index (χ1v) is 6.61. The van der Waals surface area contributed by atoms with Gasteiger partial charge in [-0.15, -0.1) is 0 Å². The highest BCUT2D eigenvalue weighted by molar-refractivity contribution is 6.30. The lowest BCUT2D eigenvalue weighted by molar-refractivity contribution is -0.135. The topological polar surface area (TPSA) is 20.3 Å². The van der Waals surface area contributed by atoms with Crippen LogP contribution in [0.15, 0.2) is 18.2 Å². The van der Waals surface area contributed by atoms with Crippen LogP contribution in [-0.2, 0) is 17.8 Å². The van der Waals surface area contributed by atoms with Crippen LogP contribution in [0.1, 0.15) is 30.9 Å². The maximum absolute atomic E-state index is 12.2. The van der Waals surface area contributed by atoms with E-state index in [-0.39, 0.29) is 0 Å². The van der Waals surface area contributed by atoms with Crippen molar-refractivity contribution in [2.75, 3.05) is 0 Å². The minimum atomic E-state index is 0.304. The van der Waals surface area contributed by atoms with E-state index in [9.17, 15) is 4.79 Å². The Labute approximate surface area is 107 Å². The van der Waals surface area contributed by atoms with Gasteiger partial charge in [0.1, 0.15) is 0 Å². The van der Waals surface area contributed by atoms with Crippen molar-refractivity contribution < 1.29 is 4.79 Å². The number of rotatable bonds is 1. The van der Waals surface area contributed by atoms with E-state index in [0.717, 1.165) is 30.8 Å². The van der Waals surface area contributed by atoms with E-state index >= 15 is 0 Å². The molecule has 0 N–H and O–H groups in total. The predicted molar refractivity (Wildman–Crippen MR) is 67.9 cm³/mol. The lowest BCUT2D eigenvalue weighted by atomic mass is 9.94. The van der Waals surface area contributed by atoms with E-state index in [1.807, 2.05) is 17.0 Å². The van der Waals surface area contributed by atoms with Crippen LogP contribution in [0.25, 0.3) is 0 Å². The zero-order valence-electron chi connectivity index (χ0n) is 9.95. The van der Waals surface area contributed by atoms with E-state index in [0.29, 0.717) is 17.9 Å². The number of carbonyl (C=O) groups is 1. The van der Waals surface area contributed by atoms with Crippen molar-refractivity contribution in [3.63, 3.8) is 0 Å². The highest BCUT2D eigenvalue weighted by Gasteiger charge is 2.36. The van der Waals surface area contributed by atoms with Crippen LogP contribution in [0.2, 0.25) is 5.02 Å². The fourth-order valence-electron chi connectivity index (χ4n) is 2.57. The second-order valence-corrected chi connectivity index (χ2v) is 5.64. The first-order valence-electron chi connectivity index (χ1n) is 6.23. The van der Waals surface area contributed by atoms with Crippen molar-refractivity contribution in [3.8, 4) is 0 Å². The molecule has 1 aromatic rings. The van der Waals surface area contributed by atoms with Crippen LogP contribution in [-0.4, -0.2) is 16.8 Å². The summed E-state index contributed by atoms with van der Waals surface area (Å²) in [5, 5.41) is 0.761. The molecule has 0 spiro atoms. The highest BCUT2D eigenvalue weighted by Crippen LogP contribution is 2.34. The molecule has 2 nitrogen and oxygen atoms in total. The zero-order chi connectivity index (χ0) is 12.0. The van der Waals surface area contributed by atoms with Crippen molar-refractivity contribution in [1.29, 1.82) is 0 Å². The molecule has 17 heavy (non-hydrogen) atoms. The summed E-state index contributed by atoms with van der Waals surface area (Å²) in [5.74, 6) is 0.640. The predicted octanol–water partition coefficient (Wildman–Crippen LogP) is 3.02. The number of fused-ring (bicyclic) bond motifs is 1. The lowest BCUT2D eigenvalue weighted by Gasteiger charge is -2.35. The van der Waals surface area contributed by atoms with E-state index in [1.54, 1.807) is 0 Å². The summed E-state index contributed by atoms with van der Waals surface area (Å²) in [4.78, 5) is 14.2. The summed E-state index contributed by atoms with van der Waals surface area (Å²) < 4.78 is 0. The fourth-order valence-corrected chi connectivity index (χ4v) is 2.76. The van der Waals surface area contributed by atoms with Gasteiger partial charge in [-0.3, -0.25) is 4.79 Å². The van der Waals surface area contributed by atoms with Gasteiger partial charge in [-0.2, -0.15) is 0 Å². The molecule has 0 saturated heterocycles. The van der Waals surface area contributed by atoms with Crippen LogP contribution in [0, 0.1) is 5.92 Å². The molecule has 0 radical (unpaired) electrons. The molecule has 1 heterocycles. The largest absolute Gasteiger partial charge is 0.335 e. The molecule has 3 heteroatoms. The highest BCUT2D eigenvalue weighted by atomic mass is 35.5. The summed E-state index contributed by atoms with van der Waals surface area (Å²) in [5.41, 5.74) is 2.55. The second kappa shape index (κ2) is 4.02. The molecule has 3 rings (SSSR count). The summed E-state index contributed by atoms with van der Waals surface area (Å²) >= 11 is 6.01. The molecule has 1 aliphatic carbocycles. The standard InChI is InChI=1S/C14H16ClNO/c1-9-6-11-4-5-13(15)7-12(11)8-16(9)14(17)10-2-3-10/h4-5,7,9-10H,2-3,6,8H2,1H3/t9-/m1/s1. The number of halogens is 1. The lowest BCUT2D eigenvalue weighted by Crippen LogP contribution is -2.43. The third-order valence-electron chi connectivity index (χ3n) is 3.77. The van der Waals surface area contributed by atoms with Crippen LogP contribution in [0.4, 0.5) is 0 Å². The molecule has 2 aliphatic rings. The molecule has 1 atom stereocenters. The summed E-state index contributed by atoms with van der Waals surface area (Å²) in [6.07, 6.45) is 3.10. The number of carbonyl (C=O) groups excluding carboxylic acids is 1. The molecule has 0 aromatic heterocycles. The average Bonchev–Trinajstić information content (AvgIpc) is 3.12. The monoisotopic (exact) mass is 249 g/mol. The van der Waals surface area contributed by atoms with Crippen LogP contribution in [0.5, 0.6) is 0 Å². The number of hydrogen-bond donors (Lipinski definition) is 0. The Balaban J connectivity index is 1.87. The smallest absolute Gasteiger partial charge is 0.226 e. The number of amides is 1. The van der Waals surface area contributed by atoms with Gasteiger partial charge in [-0.05, 0) is 49.4 Å². The average molecular weight is 250 g/mol. The van der Waals surface area contributed by atoms with Gasteiger partial charge in [0.25, 0.3) is 0 Å². The second-order valence-electron chi connectivity index (χ2n) is 5.21. The van der Waals surface area contributed by atoms with Crippen molar-refractivity contribution in [3.05, 3.63) is 34.3 Å². The molecular formula is C14H16ClNO. The Bertz CT molecular complexity index is 467. The van der Waals surface area contributed by atoms with Gasteiger partial charge in [0.2, 0.25) is 5.91 Å². The van der Waals surface area contributed by atoms with Gasteiger partial charge in [0.05, 0.1) is 0 Å². The van der Waals surface area contributed by atoms with E-state index in [2.05, 4.69) is 13.0 Å². The van der Waals surface area contributed by atoms with E-state index in [1.165, 1.54) is 11.1 Å². The van der Waals surface area contributed by atoms with Crippen LogP contribution >= 0.6 is 11.6 Å². The van der Waals surface area contributed by atoms with Gasteiger partial charge in [-0.1, -0.05) is 17.7 Å². The maximum Gasteiger partial charge on any atom is 0.226 e. The SMILES string of the molecule is C[C@@H]1Cc2ccc(Cl)cc2CN1C(=O)C1CC1. The summed E-state index contributed by atoms with van der Waals surface area (Å²) in [6, 6.07) is 6.34.